The highest BCUT2D eigenvalue weighted by molar-refractivity contribution is 9.10. The molecular formula is C9H9BrN4O2S2. The van der Waals surface area contributed by atoms with E-state index in [1.165, 1.54) is 0 Å². The number of rotatable bonds is 3. The van der Waals surface area contributed by atoms with Crippen LogP contribution in [0.4, 0.5) is 10.8 Å². The molecule has 1 aromatic heterocycles. The van der Waals surface area contributed by atoms with Crippen LogP contribution in [-0.4, -0.2) is 18.6 Å². The molecule has 96 valence electrons. The summed E-state index contributed by atoms with van der Waals surface area (Å²) in [4.78, 5) is 0. The minimum Gasteiger partial charge on any atom is -0.374 e. The Labute approximate surface area is 116 Å². The van der Waals surface area contributed by atoms with Gasteiger partial charge in [-0.3, -0.25) is 4.72 Å². The second kappa shape index (κ2) is 4.82. The molecule has 0 aliphatic rings. The predicted molar refractivity (Wildman–Crippen MR) is 74.0 cm³/mol. The van der Waals surface area contributed by atoms with E-state index in [4.69, 9.17) is 5.73 Å². The highest BCUT2D eigenvalue weighted by atomic mass is 79.9. The van der Waals surface area contributed by atoms with Crippen LogP contribution in [0, 0.1) is 6.92 Å². The smallest absolute Gasteiger partial charge is 0.291 e. The minimum atomic E-state index is -3.73. The lowest BCUT2D eigenvalue weighted by Crippen LogP contribution is -2.13. The molecule has 1 heterocycles. The largest absolute Gasteiger partial charge is 0.374 e. The van der Waals surface area contributed by atoms with Crippen LogP contribution in [0.5, 0.6) is 0 Å². The van der Waals surface area contributed by atoms with Crippen molar-refractivity contribution in [2.45, 2.75) is 11.3 Å². The molecule has 2 aromatic rings. The van der Waals surface area contributed by atoms with E-state index < -0.39 is 10.0 Å². The zero-order valence-electron chi connectivity index (χ0n) is 9.21. The zero-order chi connectivity index (χ0) is 13.3. The quantitative estimate of drug-likeness (QED) is 0.883. The average molecular weight is 349 g/mol. The first-order valence-corrected chi connectivity index (χ1v) is 7.86. The van der Waals surface area contributed by atoms with Gasteiger partial charge in [-0.2, -0.15) is 8.42 Å². The van der Waals surface area contributed by atoms with Crippen LogP contribution in [0.15, 0.2) is 27.0 Å². The number of nitrogens with one attached hydrogen (secondary N) is 1. The van der Waals surface area contributed by atoms with Crippen molar-refractivity contribution in [3.8, 4) is 0 Å². The molecule has 0 saturated carbocycles. The summed E-state index contributed by atoms with van der Waals surface area (Å²) in [6.07, 6.45) is 0. The van der Waals surface area contributed by atoms with Crippen LogP contribution in [0.3, 0.4) is 0 Å². The topological polar surface area (TPSA) is 98.0 Å². The Bertz CT molecular complexity index is 684. The molecule has 6 nitrogen and oxygen atoms in total. The lowest BCUT2D eigenvalue weighted by atomic mass is 10.2. The van der Waals surface area contributed by atoms with E-state index in [1.807, 2.05) is 6.07 Å². The molecule has 9 heteroatoms. The van der Waals surface area contributed by atoms with Gasteiger partial charge in [-0.25, -0.2) is 0 Å². The van der Waals surface area contributed by atoms with Gasteiger partial charge >= 0.3 is 0 Å². The van der Waals surface area contributed by atoms with Crippen molar-refractivity contribution in [2.24, 2.45) is 0 Å². The summed E-state index contributed by atoms with van der Waals surface area (Å²) < 4.78 is 27.1. The molecule has 0 radical (unpaired) electrons. The third-order valence-electron chi connectivity index (χ3n) is 2.08. The number of nitrogen functional groups attached to an aromatic ring is 1. The van der Waals surface area contributed by atoms with Gasteiger partial charge in [0.15, 0.2) is 0 Å². The highest BCUT2D eigenvalue weighted by Crippen LogP contribution is 2.24. The number of hydrogen-bond acceptors (Lipinski definition) is 6. The lowest BCUT2D eigenvalue weighted by Gasteiger charge is -2.08. The summed E-state index contributed by atoms with van der Waals surface area (Å²) >= 11 is 4.13. The Morgan fingerprint density at radius 1 is 1.39 bits per heavy atom. The van der Waals surface area contributed by atoms with E-state index in [9.17, 15) is 8.42 Å². The van der Waals surface area contributed by atoms with E-state index in [0.717, 1.165) is 21.4 Å². The van der Waals surface area contributed by atoms with E-state index in [2.05, 4.69) is 30.8 Å². The van der Waals surface area contributed by atoms with Gasteiger partial charge in [-0.15, -0.1) is 10.2 Å². The van der Waals surface area contributed by atoms with E-state index >= 15 is 0 Å². The van der Waals surface area contributed by atoms with Crippen molar-refractivity contribution >= 4 is 48.1 Å². The third-order valence-corrected chi connectivity index (χ3v) is 5.06. The fourth-order valence-corrected chi connectivity index (χ4v) is 3.65. The van der Waals surface area contributed by atoms with Crippen LogP contribution in [0.2, 0.25) is 0 Å². The Morgan fingerprint density at radius 2 is 2.11 bits per heavy atom. The number of aryl methyl sites for hydroxylation is 1. The van der Waals surface area contributed by atoms with Crippen molar-refractivity contribution < 1.29 is 8.42 Å². The fraction of sp³-hybridized carbons (Fsp3) is 0.111. The van der Waals surface area contributed by atoms with E-state index in [-0.39, 0.29) is 9.47 Å². The first-order valence-electron chi connectivity index (χ1n) is 4.76. The summed E-state index contributed by atoms with van der Waals surface area (Å²) in [7, 11) is -3.73. The Balaban J connectivity index is 2.33. The molecular weight excluding hydrogens is 340 g/mol. The first-order chi connectivity index (χ1) is 8.38. The van der Waals surface area contributed by atoms with Crippen LogP contribution < -0.4 is 10.5 Å². The van der Waals surface area contributed by atoms with Crippen molar-refractivity contribution in [1.29, 1.82) is 0 Å². The van der Waals surface area contributed by atoms with Crippen LogP contribution in [0.1, 0.15) is 5.56 Å². The molecule has 0 fully saturated rings. The molecule has 0 atom stereocenters. The van der Waals surface area contributed by atoms with Crippen molar-refractivity contribution in [1.82, 2.24) is 10.2 Å². The number of anilines is 2. The molecule has 18 heavy (non-hydrogen) atoms. The van der Waals surface area contributed by atoms with Gasteiger partial charge in [0.2, 0.25) is 5.13 Å². The maximum absolute atomic E-state index is 12.0. The molecule has 2 rings (SSSR count). The average Bonchev–Trinajstić information content (AvgIpc) is 2.70. The van der Waals surface area contributed by atoms with Gasteiger partial charge in [0, 0.05) is 4.47 Å². The molecule has 0 aliphatic heterocycles. The standard InChI is InChI=1S/C9H9BrN4O2S2/c1-5-4-6(10)2-3-7(5)14-18(15,16)9-13-12-8(11)17-9/h2-4,14H,1H3,(H2,11,12). The van der Waals surface area contributed by atoms with Crippen molar-refractivity contribution in [3.63, 3.8) is 0 Å². The van der Waals surface area contributed by atoms with Crippen molar-refractivity contribution in [2.75, 3.05) is 10.5 Å². The molecule has 1 aromatic carbocycles. The molecule has 0 saturated heterocycles. The Kier molecular flexibility index (Phi) is 3.55. The minimum absolute atomic E-state index is 0.114. The number of halogens is 1. The molecule has 3 N–H and O–H groups in total. The van der Waals surface area contributed by atoms with Gasteiger partial charge < -0.3 is 5.73 Å². The van der Waals surface area contributed by atoms with Crippen molar-refractivity contribution in [3.05, 3.63) is 28.2 Å². The molecule has 0 spiro atoms. The summed E-state index contributed by atoms with van der Waals surface area (Å²) in [6, 6.07) is 5.23. The SMILES string of the molecule is Cc1cc(Br)ccc1NS(=O)(=O)c1nnc(N)s1. The summed E-state index contributed by atoms with van der Waals surface area (Å²) in [5.41, 5.74) is 6.65. The number of sulfonamides is 1. The molecule has 0 unspecified atom stereocenters. The van der Waals surface area contributed by atoms with Crippen LogP contribution in [0.25, 0.3) is 0 Å². The van der Waals surface area contributed by atoms with Gasteiger partial charge in [-0.05, 0) is 30.7 Å². The lowest BCUT2D eigenvalue weighted by molar-refractivity contribution is 0.599. The maximum atomic E-state index is 12.0. The van der Waals surface area contributed by atoms with Crippen LogP contribution in [-0.2, 0) is 10.0 Å². The molecule has 0 bridgehead atoms. The van der Waals surface area contributed by atoms with E-state index in [0.29, 0.717) is 5.69 Å². The van der Waals surface area contributed by atoms with Crippen LogP contribution >= 0.6 is 27.3 Å². The van der Waals surface area contributed by atoms with Gasteiger partial charge in [0.05, 0.1) is 5.69 Å². The molecule has 0 amide bonds. The summed E-state index contributed by atoms with van der Waals surface area (Å²) in [5.74, 6) is 0. The Morgan fingerprint density at radius 3 is 2.67 bits per heavy atom. The summed E-state index contributed by atoms with van der Waals surface area (Å²) in [5, 5.41) is 7.11. The van der Waals surface area contributed by atoms with Gasteiger partial charge in [0.1, 0.15) is 0 Å². The normalized spacial score (nSPS) is 11.4. The molecule has 0 aliphatic carbocycles. The van der Waals surface area contributed by atoms with Gasteiger partial charge in [0.25, 0.3) is 14.4 Å². The second-order valence-electron chi connectivity index (χ2n) is 3.47. The monoisotopic (exact) mass is 348 g/mol. The predicted octanol–water partition coefficient (Wildman–Crippen LogP) is 1.99. The zero-order valence-corrected chi connectivity index (χ0v) is 12.4. The number of benzene rings is 1. The third kappa shape index (κ3) is 2.79. The number of nitrogens with two attached hydrogens (primary N) is 1. The highest BCUT2D eigenvalue weighted by Gasteiger charge is 2.20. The first kappa shape index (κ1) is 13.2. The maximum Gasteiger partial charge on any atom is 0.291 e. The number of nitrogens with zero attached hydrogens (tertiary/aromatic N) is 2. The van der Waals surface area contributed by atoms with E-state index in [1.54, 1.807) is 19.1 Å². The summed E-state index contributed by atoms with van der Waals surface area (Å²) in [6.45, 7) is 1.80. The van der Waals surface area contributed by atoms with Gasteiger partial charge in [-0.1, -0.05) is 27.3 Å². The number of hydrogen-bond donors (Lipinski definition) is 2. The second-order valence-corrected chi connectivity index (χ2v) is 7.25. The fourth-order valence-electron chi connectivity index (χ4n) is 1.26. The number of aromatic nitrogens is 2. The Hall–Kier alpha value is -1.19.